The lowest BCUT2D eigenvalue weighted by Crippen LogP contribution is -2.29. The van der Waals surface area contributed by atoms with Crippen LogP contribution in [0.5, 0.6) is 0 Å². The summed E-state index contributed by atoms with van der Waals surface area (Å²) in [7, 11) is 2.39. The van der Waals surface area contributed by atoms with Crippen molar-refractivity contribution >= 4 is 23.3 Å². The first kappa shape index (κ1) is 23.0. The van der Waals surface area contributed by atoms with Crippen LogP contribution in [0.1, 0.15) is 40.1 Å². The number of para-hydroxylation sites is 1. The number of methoxy groups -OCH3 is 2. The largest absolute Gasteiger partial charge is 0.465 e. The quantitative estimate of drug-likeness (QED) is 0.305. The summed E-state index contributed by atoms with van der Waals surface area (Å²) in [5, 5.41) is 16.5. The van der Waals surface area contributed by atoms with Crippen LogP contribution < -0.4 is 4.90 Å². The Bertz CT molecular complexity index is 1230. The maximum absolute atomic E-state index is 12.8. The first-order chi connectivity index (χ1) is 16.5. The molecule has 1 saturated heterocycles. The van der Waals surface area contributed by atoms with Crippen molar-refractivity contribution in [2.75, 3.05) is 32.2 Å². The van der Waals surface area contributed by atoms with E-state index in [0.29, 0.717) is 16.9 Å². The fraction of sp³-hybridized carbons (Fsp3) is 0.292. The van der Waals surface area contributed by atoms with E-state index in [-0.39, 0.29) is 22.6 Å². The van der Waals surface area contributed by atoms with Crippen LogP contribution in [0.4, 0.5) is 11.4 Å². The van der Waals surface area contributed by atoms with Crippen LogP contribution in [-0.2, 0) is 9.47 Å². The lowest BCUT2D eigenvalue weighted by molar-refractivity contribution is -0.384. The Hall–Kier alpha value is -4.21. The van der Waals surface area contributed by atoms with Gasteiger partial charge in [-0.25, -0.2) is 14.3 Å². The number of hydrogen-bond donors (Lipinski definition) is 0. The molecule has 10 heteroatoms. The Morgan fingerprint density at radius 3 is 2.26 bits per heavy atom. The normalized spacial score (nSPS) is 13.4. The summed E-state index contributed by atoms with van der Waals surface area (Å²) in [6, 6.07) is 13.5. The Morgan fingerprint density at radius 1 is 0.971 bits per heavy atom. The van der Waals surface area contributed by atoms with E-state index >= 15 is 0 Å². The highest BCUT2D eigenvalue weighted by atomic mass is 16.6. The molecule has 2 heterocycles. The second-order valence-corrected chi connectivity index (χ2v) is 7.81. The van der Waals surface area contributed by atoms with Gasteiger partial charge >= 0.3 is 11.9 Å². The van der Waals surface area contributed by atoms with Crippen LogP contribution in [0.2, 0.25) is 0 Å². The van der Waals surface area contributed by atoms with Crippen molar-refractivity contribution in [1.29, 1.82) is 0 Å². The Labute approximate surface area is 195 Å². The zero-order chi connectivity index (χ0) is 24.2. The highest BCUT2D eigenvalue weighted by molar-refractivity contribution is 6.07. The number of hydrogen-bond acceptors (Lipinski definition) is 8. The minimum absolute atomic E-state index is 0.0874. The molecule has 1 aliphatic heterocycles. The number of rotatable bonds is 6. The fourth-order valence-corrected chi connectivity index (χ4v) is 4.18. The van der Waals surface area contributed by atoms with E-state index in [0.717, 1.165) is 32.4 Å². The second kappa shape index (κ2) is 9.74. The first-order valence-electron chi connectivity index (χ1n) is 10.8. The number of carbonyl (C=O) groups is 2. The lowest BCUT2D eigenvalue weighted by atomic mass is 10.0. The monoisotopic (exact) mass is 464 g/mol. The molecular weight excluding hydrogens is 440 g/mol. The molecule has 3 aromatic rings. The van der Waals surface area contributed by atoms with Gasteiger partial charge in [0.1, 0.15) is 16.9 Å². The Kier molecular flexibility index (Phi) is 6.58. The van der Waals surface area contributed by atoms with Crippen molar-refractivity contribution < 1.29 is 24.0 Å². The molecule has 0 atom stereocenters. The molecule has 1 aromatic heterocycles. The van der Waals surface area contributed by atoms with Crippen molar-refractivity contribution in [2.45, 2.75) is 19.3 Å². The third-order valence-corrected chi connectivity index (χ3v) is 5.80. The molecule has 2 aromatic carbocycles. The second-order valence-electron chi connectivity index (χ2n) is 7.81. The van der Waals surface area contributed by atoms with Crippen LogP contribution in [0.15, 0.2) is 48.5 Å². The zero-order valence-electron chi connectivity index (χ0n) is 18.9. The van der Waals surface area contributed by atoms with E-state index in [4.69, 9.17) is 9.47 Å². The molecule has 0 amide bonds. The van der Waals surface area contributed by atoms with Gasteiger partial charge in [-0.05, 0) is 37.5 Å². The van der Waals surface area contributed by atoms with Gasteiger partial charge in [0.15, 0.2) is 5.69 Å². The molecule has 10 nitrogen and oxygen atoms in total. The molecule has 34 heavy (non-hydrogen) atoms. The van der Waals surface area contributed by atoms with Gasteiger partial charge in [0.05, 0.1) is 24.8 Å². The highest BCUT2D eigenvalue weighted by Crippen LogP contribution is 2.36. The van der Waals surface area contributed by atoms with Crippen molar-refractivity contribution in [3.63, 3.8) is 0 Å². The number of nitrogens with zero attached hydrogens (tertiary/aromatic N) is 4. The van der Waals surface area contributed by atoms with Gasteiger partial charge in [-0.3, -0.25) is 10.1 Å². The number of piperidine rings is 1. The molecule has 176 valence electrons. The first-order valence-corrected chi connectivity index (χ1v) is 10.8. The average molecular weight is 464 g/mol. The van der Waals surface area contributed by atoms with Crippen molar-refractivity contribution in [2.24, 2.45) is 0 Å². The fourth-order valence-electron chi connectivity index (χ4n) is 4.18. The minimum atomic E-state index is -0.805. The number of esters is 2. The SMILES string of the molecule is COC(=O)c1c(-c2ccc(N3CCCCC3)c([N+](=O)[O-])c2)nn(-c2ccccc2)c1C(=O)OC. The van der Waals surface area contributed by atoms with Gasteiger partial charge in [-0.2, -0.15) is 5.10 Å². The van der Waals surface area contributed by atoms with Gasteiger partial charge in [0, 0.05) is 24.7 Å². The van der Waals surface area contributed by atoms with Crippen LogP contribution >= 0.6 is 0 Å². The number of anilines is 1. The van der Waals surface area contributed by atoms with Crippen molar-refractivity contribution in [3.05, 3.63) is 69.9 Å². The molecule has 0 aliphatic carbocycles. The summed E-state index contributed by atoms with van der Waals surface area (Å²) in [5.41, 5.74) is 1.08. The number of benzene rings is 2. The number of nitro benzene ring substituents is 1. The maximum Gasteiger partial charge on any atom is 0.357 e. The molecule has 0 saturated carbocycles. The molecule has 1 aliphatic rings. The van der Waals surface area contributed by atoms with E-state index in [2.05, 4.69) is 5.10 Å². The summed E-state index contributed by atoms with van der Waals surface area (Å²) in [6.45, 7) is 1.48. The van der Waals surface area contributed by atoms with Crippen LogP contribution in [0.3, 0.4) is 0 Å². The molecule has 0 radical (unpaired) electrons. The summed E-state index contributed by atoms with van der Waals surface area (Å²) >= 11 is 0. The zero-order valence-corrected chi connectivity index (χ0v) is 18.9. The summed E-state index contributed by atoms with van der Waals surface area (Å²) < 4.78 is 11.1. The Balaban J connectivity index is 1.94. The van der Waals surface area contributed by atoms with E-state index in [1.165, 1.54) is 25.0 Å². The predicted molar refractivity (Wildman–Crippen MR) is 124 cm³/mol. The maximum atomic E-state index is 12.8. The molecule has 0 spiro atoms. The summed E-state index contributed by atoms with van der Waals surface area (Å²) in [6.07, 6.45) is 3.03. The standard InChI is InChI=1S/C24H24N4O6/c1-33-23(29)20-21(25-27(22(20)24(30)34-2)17-9-5-3-6-10-17)16-11-12-18(19(15-16)28(31)32)26-13-7-4-8-14-26/h3,5-6,9-12,15H,4,7-8,13-14H2,1-2H3. The predicted octanol–water partition coefficient (Wildman–Crippen LogP) is 4.01. The van der Waals surface area contributed by atoms with Gasteiger partial charge < -0.3 is 14.4 Å². The van der Waals surface area contributed by atoms with E-state index in [9.17, 15) is 19.7 Å². The number of aromatic nitrogens is 2. The van der Waals surface area contributed by atoms with Crippen LogP contribution in [0.25, 0.3) is 16.9 Å². The third kappa shape index (κ3) is 4.21. The van der Waals surface area contributed by atoms with Crippen LogP contribution in [-0.4, -0.2) is 54.0 Å². The summed E-state index contributed by atoms with van der Waals surface area (Å²) in [4.78, 5) is 39.0. The topological polar surface area (TPSA) is 117 Å². The molecular formula is C24H24N4O6. The molecule has 0 unspecified atom stereocenters. The van der Waals surface area contributed by atoms with Gasteiger partial charge in [-0.15, -0.1) is 0 Å². The van der Waals surface area contributed by atoms with E-state index in [1.807, 2.05) is 4.90 Å². The highest BCUT2D eigenvalue weighted by Gasteiger charge is 2.32. The van der Waals surface area contributed by atoms with Gasteiger partial charge in [0.25, 0.3) is 5.69 Å². The lowest BCUT2D eigenvalue weighted by Gasteiger charge is -2.28. The number of nitro groups is 1. The minimum Gasteiger partial charge on any atom is -0.465 e. The molecule has 0 N–H and O–H groups in total. The Morgan fingerprint density at radius 2 is 1.65 bits per heavy atom. The number of ether oxygens (including phenoxy) is 2. The van der Waals surface area contributed by atoms with Crippen LogP contribution in [0, 0.1) is 10.1 Å². The van der Waals surface area contributed by atoms with Gasteiger partial charge in [-0.1, -0.05) is 24.3 Å². The average Bonchev–Trinajstić information content (AvgIpc) is 3.29. The van der Waals surface area contributed by atoms with Crippen molar-refractivity contribution in [3.8, 4) is 16.9 Å². The van der Waals surface area contributed by atoms with Gasteiger partial charge in [0.2, 0.25) is 0 Å². The molecule has 4 rings (SSSR count). The summed E-state index contributed by atoms with van der Waals surface area (Å²) in [5.74, 6) is -1.59. The smallest absolute Gasteiger partial charge is 0.357 e. The van der Waals surface area contributed by atoms with E-state index in [1.54, 1.807) is 42.5 Å². The third-order valence-electron chi connectivity index (χ3n) is 5.80. The molecule has 0 bridgehead atoms. The van der Waals surface area contributed by atoms with E-state index < -0.39 is 16.9 Å². The number of carbonyl (C=O) groups excluding carboxylic acids is 2. The van der Waals surface area contributed by atoms with Crippen molar-refractivity contribution in [1.82, 2.24) is 9.78 Å². The molecule has 1 fully saturated rings.